The smallest absolute Gasteiger partial charge is 0.0117 e. The second-order valence-electron chi connectivity index (χ2n) is 2.65. The van der Waals surface area contributed by atoms with E-state index in [9.17, 15) is 0 Å². The van der Waals surface area contributed by atoms with Crippen LogP contribution >= 0.6 is 0 Å². The molecule has 60 valence electrons. The summed E-state index contributed by atoms with van der Waals surface area (Å²) < 4.78 is 0. The van der Waals surface area contributed by atoms with Gasteiger partial charge >= 0.3 is 0 Å². The highest BCUT2D eigenvalue weighted by Gasteiger charge is 2.01. The Labute approximate surface area is 70.4 Å². The van der Waals surface area contributed by atoms with E-state index in [1.165, 1.54) is 6.42 Å². The molecule has 0 heterocycles. The van der Waals surface area contributed by atoms with E-state index < -0.39 is 0 Å². The molecular formula is C11H16. The maximum atomic E-state index is 5.17. The van der Waals surface area contributed by atoms with Gasteiger partial charge in [-0.05, 0) is 19.3 Å². The summed E-state index contributed by atoms with van der Waals surface area (Å²) in [7, 11) is 0. The van der Waals surface area contributed by atoms with Crippen molar-refractivity contribution in [3.63, 3.8) is 0 Å². The molecule has 0 saturated carbocycles. The fourth-order valence-electron chi connectivity index (χ4n) is 0.984. The van der Waals surface area contributed by atoms with Crippen molar-refractivity contribution in [2.24, 2.45) is 5.92 Å². The molecule has 0 heteroatoms. The molecule has 0 saturated heterocycles. The Morgan fingerprint density at radius 2 is 2.18 bits per heavy atom. The lowest BCUT2D eigenvalue weighted by Crippen LogP contribution is -1.96. The summed E-state index contributed by atoms with van der Waals surface area (Å²) in [6.45, 7) is 4.08. The Morgan fingerprint density at radius 1 is 1.45 bits per heavy atom. The lowest BCUT2D eigenvalue weighted by atomic mass is 9.97. The van der Waals surface area contributed by atoms with Gasteiger partial charge in [0.05, 0.1) is 0 Å². The fourth-order valence-corrected chi connectivity index (χ4v) is 0.984. The van der Waals surface area contributed by atoms with Crippen LogP contribution in [0.2, 0.25) is 0 Å². The lowest BCUT2D eigenvalue weighted by Gasteiger charge is -2.07. The number of rotatable bonds is 4. The molecule has 0 spiro atoms. The third kappa shape index (κ3) is 5.56. The zero-order valence-electron chi connectivity index (χ0n) is 7.48. The minimum atomic E-state index is 0.707. The number of hydrogen-bond donors (Lipinski definition) is 0. The molecule has 0 aromatic carbocycles. The molecule has 0 radical (unpaired) electrons. The van der Waals surface area contributed by atoms with Crippen LogP contribution in [0.1, 0.15) is 39.5 Å². The van der Waals surface area contributed by atoms with Crippen LogP contribution in [0.15, 0.2) is 0 Å². The molecule has 0 fully saturated rings. The van der Waals surface area contributed by atoms with Gasteiger partial charge in [0.25, 0.3) is 0 Å². The van der Waals surface area contributed by atoms with Crippen molar-refractivity contribution in [1.29, 1.82) is 0 Å². The van der Waals surface area contributed by atoms with Gasteiger partial charge in [-0.25, -0.2) is 0 Å². The first-order valence-corrected chi connectivity index (χ1v) is 4.18. The second kappa shape index (κ2) is 7.23. The Morgan fingerprint density at radius 3 is 2.64 bits per heavy atom. The zero-order chi connectivity index (χ0) is 8.53. The Bertz CT molecular complexity index is 172. The van der Waals surface area contributed by atoms with E-state index in [0.29, 0.717) is 5.92 Å². The molecule has 1 unspecified atom stereocenters. The summed E-state index contributed by atoms with van der Waals surface area (Å²) in [5, 5.41) is 0. The topological polar surface area (TPSA) is 0 Å². The van der Waals surface area contributed by atoms with Crippen LogP contribution in [0.25, 0.3) is 0 Å². The molecule has 0 amide bonds. The minimum absolute atomic E-state index is 0.707. The monoisotopic (exact) mass is 148 g/mol. The molecule has 0 aliphatic carbocycles. The molecule has 0 aromatic rings. The average molecular weight is 148 g/mol. The second-order valence-corrected chi connectivity index (χ2v) is 2.65. The quantitative estimate of drug-likeness (QED) is 0.538. The predicted molar refractivity (Wildman–Crippen MR) is 49.9 cm³/mol. The summed E-state index contributed by atoms with van der Waals surface area (Å²) in [6, 6.07) is 0. The highest BCUT2D eigenvalue weighted by molar-refractivity contribution is 4.97. The first-order valence-electron chi connectivity index (χ1n) is 4.18. The van der Waals surface area contributed by atoms with Crippen LogP contribution in [0.3, 0.4) is 0 Å². The summed E-state index contributed by atoms with van der Waals surface area (Å²) in [5.41, 5.74) is 0. The van der Waals surface area contributed by atoms with Crippen molar-refractivity contribution in [1.82, 2.24) is 0 Å². The Balaban J connectivity index is 3.56. The van der Waals surface area contributed by atoms with E-state index in [1.54, 1.807) is 0 Å². The van der Waals surface area contributed by atoms with Gasteiger partial charge in [-0.3, -0.25) is 0 Å². The predicted octanol–water partition coefficient (Wildman–Crippen LogP) is 2.84. The SMILES string of the molecule is C#CCCC(CC)CC#CC. The van der Waals surface area contributed by atoms with Crippen molar-refractivity contribution in [2.75, 3.05) is 0 Å². The van der Waals surface area contributed by atoms with Crippen LogP contribution in [0.5, 0.6) is 0 Å². The van der Waals surface area contributed by atoms with Crippen molar-refractivity contribution in [3.05, 3.63) is 0 Å². The molecule has 0 nitrogen and oxygen atoms in total. The molecule has 0 rings (SSSR count). The molecule has 1 atom stereocenters. The van der Waals surface area contributed by atoms with Gasteiger partial charge in [0.1, 0.15) is 0 Å². The highest BCUT2D eigenvalue weighted by Crippen LogP contribution is 2.13. The molecule has 0 N–H and O–H groups in total. The summed E-state index contributed by atoms with van der Waals surface area (Å²) in [6.07, 6.45) is 9.39. The van der Waals surface area contributed by atoms with Crippen molar-refractivity contribution >= 4 is 0 Å². The van der Waals surface area contributed by atoms with E-state index >= 15 is 0 Å². The maximum absolute atomic E-state index is 5.17. The molecule has 0 bridgehead atoms. The van der Waals surface area contributed by atoms with E-state index in [-0.39, 0.29) is 0 Å². The van der Waals surface area contributed by atoms with Crippen LogP contribution in [-0.4, -0.2) is 0 Å². The van der Waals surface area contributed by atoms with Crippen molar-refractivity contribution in [3.8, 4) is 24.2 Å². The molecular weight excluding hydrogens is 132 g/mol. The maximum Gasteiger partial charge on any atom is 0.0117 e. The number of terminal acetylenes is 1. The molecule has 0 aliphatic heterocycles. The normalized spacial score (nSPS) is 11.0. The minimum Gasteiger partial charge on any atom is -0.120 e. The third-order valence-corrected chi connectivity index (χ3v) is 1.84. The van der Waals surface area contributed by atoms with Crippen LogP contribution in [0.4, 0.5) is 0 Å². The Hall–Kier alpha value is -0.880. The van der Waals surface area contributed by atoms with Gasteiger partial charge in [0.2, 0.25) is 0 Å². The summed E-state index contributed by atoms with van der Waals surface area (Å²) in [5.74, 6) is 9.36. The van der Waals surface area contributed by atoms with Gasteiger partial charge in [-0.15, -0.1) is 24.2 Å². The summed E-state index contributed by atoms with van der Waals surface area (Å²) in [4.78, 5) is 0. The van der Waals surface area contributed by atoms with Gasteiger partial charge in [-0.1, -0.05) is 13.3 Å². The van der Waals surface area contributed by atoms with Gasteiger partial charge in [0.15, 0.2) is 0 Å². The average Bonchev–Trinajstić information content (AvgIpc) is 2.05. The van der Waals surface area contributed by atoms with Crippen molar-refractivity contribution in [2.45, 2.75) is 39.5 Å². The lowest BCUT2D eigenvalue weighted by molar-refractivity contribution is 0.490. The standard InChI is InChI=1S/C11H16/c1-4-7-9-11(6-3)10-8-5-2/h1,11H,6-7,9-10H2,2-3H3. The van der Waals surface area contributed by atoms with E-state index in [0.717, 1.165) is 19.3 Å². The fraction of sp³-hybridized carbons (Fsp3) is 0.636. The molecule has 0 aromatic heterocycles. The van der Waals surface area contributed by atoms with Crippen LogP contribution in [0, 0.1) is 30.1 Å². The molecule has 11 heavy (non-hydrogen) atoms. The largest absolute Gasteiger partial charge is 0.120 e. The first kappa shape index (κ1) is 10.1. The van der Waals surface area contributed by atoms with Crippen molar-refractivity contribution < 1.29 is 0 Å². The first-order chi connectivity index (χ1) is 5.35. The van der Waals surface area contributed by atoms with Crippen LogP contribution < -0.4 is 0 Å². The zero-order valence-corrected chi connectivity index (χ0v) is 7.48. The molecule has 0 aliphatic rings. The summed E-state index contributed by atoms with van der Waals surface area (Å²) >= 11 is 0. The van der Waals surface area contributed by atoms with Gasteiger partial charge in [0, 0.05) is 12.8 Å². The third-order valence-electron chi connectivity index (χ3n) is 1.84. The van der Waals surface area contributed by atoms with E-state index in [4.69, 9.17) is 6.42 Å². The van der Waals surface area contributed by atoms with E-state index in [1.807, 2.05) is 6.92 Å². The van der Waals surface area contributed by atoms with Gasteiger partial charge in [-0.2, -0.15) is 0 Å². The highest BCUT2D eigenvalue weighted by atomic mass is 14.1. The Kier molecular flexibility index (Phi) is 6.65. The number of hydrogen-bond acceptors (Lipinski definition) is 0. The van der Waals surface area contributed by atoms with Gasteiger partial charge < -0.3 is 0 Å². The van der Waals surface area contributed by atoms with Crippen LogP contribution in [-0.2, 0) is 0 Å². The van der Waals surface area contributed by atoms with E-state index in [2.05, 4.69) is 24.7 Å².